The smallest absolute Gasteiger partial charge is 0.153 e. The van der Waals surface area contributed by atoms with Gasteiger partial charge in [0.05, 0.1) is 11.3 Å². The number of carbonyl (C=O) groups excluding carboxylic acids is 1. The molecule has 19 heavy (non-hydrogen) atoms. The molecule has 0 radical (unpaired) electrons. The highest BCUT2D eigenvalue weighted by molar-refractivity contribution is 5.84. The number of phenols is 1. The number of hydrogen-bond donors (Lipinski definition) is 1. The minimum atomic E-state index is 0.245. The fourth-order valence-electron chi connectivity index (χ4n) is 2.14. The number of aldehydes is 1. The first kappa shape index (κ1) is 11.5. The topological polar surface area (TPSA) is 54.6 Å². The SMILES string of the molecule is O=Cc1cccn2cc(Cc3cccc(O)c3)nc12. The summed E-state index contributed by atoms with van der Waals surface area (Å²) in [5.41, 5.74) is 3.08. The molecule has 2 heterocycles. The molecule has 2 aromatic heterocycles. The van der Waals surface area contributed by atoms with Gasteiger partial charge in [0, 0.05) is 18.8 Å². The number of aromatic hydroxyl groups is 1. The zero-order valence-corrected chi connectivity index (χ0v) is 10.2. The minimum Gasteiger partial charge on any atom is -0.508 e. The summed E-state index contributed by atoms with van der Waals surface area (Å²) in [5.74, 6) is 0.245. The predicted molar refractivity (Wildman–Crippen MR) is 71.5 cm³/mol. The van der Waals surface area contributed by atoms with Crippen LogP contribution in [0.25, 0.3) is 5.65 Å². The molecule has 3 aromatic rings. The molecule has 0 bridgehead atoms. The number of hydrogen-bond acceptors (Lipinski definition) is 3. The second kappa shape index (κ2) is 4.57. The summed E-state index contributed by atoms with van der Waals surface area (Å²) in [4.78, 5) is 15.4. The van der Waals surface area contributed by atoms with Crippen molar-refractivity contribution in [2.75, 3.05) is 0 Å². The van der Waals surface area contributed by atoms with Crippen LogP contribution >= 0.6 is 0 Å². The van der Waals surface area contributed by atoms with Crippen molar-refractivity contribution in [3.05, 3.63) is 65.6 Å². The standard InChI is InChI=1S/C15H12N2O2/c18-10-12-4-2-6-17-9-13(16-15(12)17)7-11-3-1-5-14(19)8-11/h1-6,8-10,19H,7H2. The summed E-state index contributed by atoms with van der Waals surface area (Å²) in [6, 6.07) is 10.6. The van der Waals surface area contributed by atoms with Gasteiger partial charge in [0.25, 0.3) is 0 Å². The zero-order chi connectivity index (χ0) is 13.2. The quantitative estimate of drug-likeness (QED) is 0.728. The van der Waals surface area contributed by atoms with E-state index in [-0.39, 0.29) is 5.75 Å². The molecule has 94 valence electrons. The fraction of sp³-hybridized carbons (Fsp3) is 0.0667. The van der Waals surface area contributed by atoms with Gasteiger partial charge >= 0.3 is 0 Å². The van der Waals surface area contributed by atoms with Crippen molar-refractivity contribution in [3.63, 3.8) is 0 Å². The molecule has 0 saturated heterocycles. The van der Waals surface area contributed by atoms with E-state index >= 15 is 0 Å². The summed E-state index contributed by atoms with van der Waals surface area (Å²) < 4.78 is 1.84. The van der Waals surface area contributed by atoms with Crippen molar-refractivity contribution in [1.82, 2.24) is 9.38 Å². The molecule has 0 unspecified atom stereocenters. The predicted octanol–water partition coefficient (Wildman–Crippen LogP) is 2.44. The van der Waals surface area contributed by atoms with Gasteiger partial charge in [0.15, 0.2) is 6.29 Å². The number of carbonyl (C=O) groups is 1. The van der Waals surface area contributed by atoms with E-state index in [1.807, 2.05) is 28.9 Å². The third-order valence-corrected chi connectivity index (χ3v) is 2.99. The van der Waals surface area contributed by atoms with Crippen LogP contribution in [0.3, 0.4) is 0 Å². The Morgan fingerprint density at radius 1 is 1.26 bits per heavy atom. The molecule has 0 atom stereocenters. The summed E-state index contributed by atoms with van der Waals surface area (Å²) >= 11 is 0. The zero-order valence-electron chi connectivity index (χ0n) is 10.2. The van der Waals surface area contributed by atoms with E-state index in [2.05, 4.69) is 4.98 Å². The van der Waals surface area contributed by atoms with E-state index < -0.39 is 0 Å². The van der Waals surface area contributed by atoms with Gasteiger partial charge in [-0.3, -0.25) is 4.79 Å². The number of benzene rings is 1. The van der Waals surface area contributed by atoms with Crippen LogP contribution in [0.5, 0.6) is 5.75 Å². The van der Waals surface area contributed by atoms with Gasteiger partial charge in [0.2, 0.25) is 0 Å². The van der Waals surface area contributed by atoms with Gasteiger partial charge in [-0.1, -0.05) is 12.1 Å². The van der Waals surface area contributed by atoms with Gasteiger partial charge in [-0.2, -0.15) is 0 Å². The summed E-state index contributed by atoms with van der Waals surface area (Å²) in [6.07, 6.45) is 5.18. The molecule has 0 aliphatic heterocycles. The Morgan fingerprint density at radius 2 is 2.16 bits per heavy atom. The number of rotatable bonds is 3. The molecular formula is C15H12N2O2. The lowest BCUT2D eigenvalue weighted by molar-refractivity contribution is 0.112. The van der Waals surface area contributed by atoms with Crippen LogP contribution in [0.15, 0.2) is 48.8 Å². The number of imidazole rings is 1. The summed E-state index contributed by atoms with van der Waals surface area (Å²) in [5, 5.41) is 9.44. The van der Waals surface area contributed by atoms with Gasteiger partial charge in [-0.05, 0) is 29.8 Å². The van der Waals surface area contributed by atoms with Gasteiger partial charge in [-0.15, -0.1) is 0 Å². The maximum atomic E-state index is 10.9. The normalized spacial score (nSPS) is 10.7. The third kappa shape index (κ3) is 2.20. The van der Waals surface area contributed by atoms with Crippen molar-refractivity contribution in [2.24, 2.45) is 0 Å². The second-order valence-electron chi connectivity index (χ2n) is 4.39. The first-order chi connectivity index (χ1) is 9.26. The van der Waals surface area contributed by atoms with E-state index in [0.29, 0.717) is 17.6 Å². The molecular weight excluding hydrogens is 240 g/mol. The molecule has 0 aliphatic rings. The highest BCUT2D eigenvalue weighted by Gasteiger charge is 2.06. The average molecular weight is 252 g/mol. The summed E-state index contributed by atoms with van der Waals surface area (Å²) in [7, 11) is 0. The van der Waals surface area contributed by atoms with Crippen LogP contribution in [-0.4, -0.2) is 20.8 Å². The van der Waals surface area contributed by atoms with Crippen molar-refractivity contribution in [1.29, 1.82) is 0 Å². The highest BCUT2D eigenvalue weighted by atomic mass is 16.3. The van der Waals surface area contributed by atoms with Crippen LogP contribution in [0.1, 0.15) is 21.6 Å². The Bertz CT molecular complexity index is 747. The highest BCUT2D eigenvalue weighted by Crippen LogP contribution is 2.16. The minimum absolute atomic E-state index is 0.245. The van der Waals surface area contributed by atoms with Crippen molar-refractivity contribution in [3.8, 4) is 5.75 Å². The number of fused-ring (bicyclic) bond motifs is 1. The first-order valence-corrected chi connectivity index (χ1v) is 5.96. The van der Waals surface area contributed by atoms with E-state index in [1.165, 1.54) is 0 Å². The lowest BCUT2D eigenvalue weighted by Crippen LogP contribution is -1.89. The van der Waals surface area contributed by atoms with Crippen LogP contribution in [0, 0.1) is 0 Å². The van der Waals surface area contributed by atoms with Crippen molar-refractivity contribution in [2.45, 2.75) is 6.42 Å². The lowest BCUT2D eigenvalue weighted by Gasteiger charge is -1.98. The van der Waals surface area contributed by atoms with Gasteiger partial charge in [-0.25, -0.2) is 4.98 Å². The monoisotopic (exact) mass is 252 g/mol. The van der Waals surface area contributed by atoms with E-state index in [9.17, 15) is 9.90 Å². The van der Waals surface area contributed by atoms with E-state index in [0.717, 1.165) is 17.5 Å². The van der Waals surface area contributed by atoms with Crippen LogP contribution in [-0.2, 0) is 6.42 Å². The molecule has 3 rings (SSSR count). The Kier molecular flexibility index (Phi) is 2.76. The number of nitrogens with zero attached hydrogens (tertiary/aromatic N) is 2. The van der Waals surface area contributed by atoms with E-state index in [1.54, 1.807) is 24.3 Å². The Hall–Kier alpha value is -2.62. The molecule has 1 aromatic carbocycles. The molecule has 0 spiro atoms. The molecule has 0 saturated carbocycles. The summed E-state index contributed by atoms with van der Waals surface area (Å²) in [6.45, 7) is 0. The van der Waals surface area contributed by atoms with Crippen LogP contribution < -0.4 is 0 Å². The van der Waals surface area contributed by atoms with E-state index in [4.69, 9.17) is 0 Å². The first-order valence-electron chi connectivity index (χ1n) is 5.96. The molecule has 1 N–H and O–H groups in total. The molecule has 0 aliphatic carbocycles. The molecule has 4 nitrogen and oxygen atoms in total. The maximum absolute atomic E-state index is 10.9. The fourth-order valence-corrected chi connectivity index (χ4v) is 2.14. The van der Waals surface area contributed by atoms with Crippen molar-refractivity contribution < 1.29 is 9.90 Å². The molecule has 0 fully saturated rings. The Labute approximate surface area is 110 Å². The number of pyridine rings is 1. The number of phenolic OH excluding ortho intramolecular Hbond substituents is 1. The molecule has 0 amide bonds. The second-order valence-corrected chi connectivity index (χ2v) is 4.39. The Morgan fingerprint density at radius 3 is 2.95 bits per heavy atom. The number of aromatic nitrogens is 2. The van der Waals surface area contributed by atoms with Gasteiger partial charge < -0.3 is 9.51 Å². The molecule has 4 heteroatoms. The average Bonchev–Trinajstić information content (AvgIpc) is 2.80. The van der Waals surface area contributed by atoms with Gasteiger partial charge in [0.1, 0.15) is 11.4 Å². The van der Waals surface area contributed by atoms with Crippen molar-refractivity contribution >= 4 is 11.9 Å². The lowest BCUT2D eigenvalue weighted by atomic mass is 10.1. The maximum Gasteiger partial charge on any atom is 0.153 e. The van der Waals surface area contributed by atoms with Crippen LogP contribution in [0.2, 0.25) is 0 Å². The third-order valence-electron chi connectivity index (χ3n) is 2.99. The van der Waals surface area contributed by atoms with Crippen LogP contribution in [0.4, 0.5) is 0 Å². The largest absolute Gasteiger partial charge is 0.508 e. The Balaban J connectivity index is 2.00.